The van der Waals surface area contributed by atoms with E-state index in [-0.39, 0.29) is 0 Å². The van der Waals surface area contributed by atoms with Gasteiger partial charge < -0.3 is 10.1 Å². The van der Waals surface area contributed by atoms with Crippen LogP contribution in [0.4, 0.5) is 5.69 Å². The lowest BCUT2D eigenvalue weighted by molar-refractivity contribution is -0.105. The van der Waals surface area contributed by atoms with E-state index in [1.165, 1.54) is 4.88 Å². The van der Waals surface area contributed by atoms with Crippen molar-refractivity contribution in [1.29, 1.82) is 0 Å². The standard InChI is InChI=1S/C13H13NO2S/c15-10-14-12-5-1-2-6-13(12)16-8-7-11-4-3-9-17-11/h1-6,9-10H,7-8H2,(H,14,15). The van der Waals surface area contributed by atoms with Crippen molar-refractivity contribution in [2.45, 2.75) is 6.42 Å². The van der Waals surface area contributed by atoms with E-state index in [9.17, 15) is 4.79 Å². The molecule has 0 aliphatic heterocycles. The molecule has 0 saturated heterocycles. The van der Waals surface area contributed by atoms with Crippen LogP contribution in [0.25, 0.3) is 0 Å². The number of thiophene rings is 1. The molecule has 0 saturated carbocycles. The van der Waals surface area contributed by atoms with Crippen molar-refractivity contribution in [2.24, 2.45) is 0 Å². The first-order valence-electron chi connectivity index (χ1n) is 5.34. The van der Waals surface area contributed by atoms with Crippen molar-refractivity contribution in [1.82, 2.24) is 0 Å². The molecule has 0 aliphatic carbocycles. The van der Waals surface area contributed by atoms with E-state index >= 15 is 0 Å². The molecule has 1 N–H and O–H groups in total. The summed E-state index contributed by atoms with van der Waals surface area (Å²) in [5.74, 6) is 0.705. The predicted molar refractivity (Wildman–Crippen MR) is 69.6 cm³/mol. The lowest BCUT2D eigenvalue weighted by atomic mass is 10.3. The summed E-state index contributed by atoms with van der Waals surface area (Å²) in [6.07, 6.45) is 1.54. The number of carbonyl (C=O) groups is 1. The Balaban J connectivity index is 1.92. The highest BCUT2D eigenvalue weighted by molar-refractivity contribution is 7.09. The Labute approximate surface area is 104 Å². The second kappa shape index (κ2) is 6.06. The summed E-state index contributed by atoms with van der Waals surface area (Å²) in [6.45, 7) is 0.609. The molecule has 4 heteroatoms. The molecule has 1 heterocycles. The van der Waals surface area contributed by atoms with Crippen LogP contribution in [-0.2, 0) is 11.2 Å². The van der Waals surface area contributed by atoms with Gasteiger partial charge in [0.15, 0.2) is 0 Å². The molecule has 3 nitrogen and oxygen atoms in total. The van der Waals surface area contributed by atoms with Crippen molar-refractivity contribution >= 4 is 23.4 Å². The van der Waals surface area contributed by atoms with E-state index in [1.54, 1.807) is 11.3 Å². The summed E-state index contributed by atoms with van der Waals surface area (Å²) < 4.78 is 5.65. The van der Waals surface area contributed by atoms with Crippen LogP contribution < -0.4 is 10.1 Å². The predicted octanol–water partition coefficient (Wildman–Crippen LogP) is 2.94. The van der Waals surface area contributed by atoms with Gasteiger partial charge in [0.25, 0.3) is 0 Å². The van der Waals surface area contributed by atoms with Crippen molar-refractivity contribution in [3.63, 3.8) is 0 Å². The monoisotopic (exact) mass is 247 g/mol. The fourth-order valence-corrected chi connectivity index (χ4v) is 2.18. The molecule has 0 aliphatic rings. The molecule has 17 heavy (non-hydrogen) atoms. The number of hydrogen-bond donors (Lipinski definition) is 1. The van der Waals surface area contributed by atoms with Gasteiger partial charge in [0, 0.05) is 11.3 Å². The summed E-state index contributed by atoms with van der Waals surface area (Å²) in [5, 5.41) is 4.67. The second-order valence-electron chi connectivity index (χ2n) is 3.44. The minimum Gasteiger partial charge on any atom is -0.491 e. The molecule has 0 bridgehead atoms. The maximum Gasteiger partial charge on any atom is 0.211 e. The van der Waals surface area contributed by atoms with E-state index in [0.717, 1.165) is 6.42 Å². The topological polar surface area (TPSA) is 38.3 Å². The zero-order valence-electron chi connectivity index (χ0n) is 9.26. The third-order valence-electron chi connectivity index (χ3n) is 2.29. The Morgan fingerprint density at radius 3 is 2.88 bits per heavy atom. The Bertz CT molecular complexity index is 468. The summed E-state index contributed by atoms with van der Waals surface area (Å²) in [4.78, 5) is 11.7. The maximum atomic E-state index is 10.4. The van der Waals surface area contributed by atoms with Gasteiger partial charge in [0.05, 0.1) is 12.3 Å². The van der Waals surface area contributed by atoms with Crippen molar-refractivity contribution < 1.29 is 9.53 Å². The van der Waals surface area contributed by atoms with E-state index in [2.05, 4.69) is 16.8 Å². The van der Waals surface area contributed by atoms with Crippen molar-refractivity contribution in [2.75, 3.05) is 11.9 Å². The van der Waals surface area contributed by atoms with E-state index < -0.39 is 0 Å². The summed E-state index contributed by atoms with van der Waals surface area (Å²) in [7, 11) is 0. The number of anilines is 1. The summed E-state index contributed by atoms with van der Waals surface area (Å²) in [6, 6.07) is 11.5. The van der Waals surface area contributed by atoms with E-state index in [4.69, 9.17) is 4.74 Å². The number of benzene rings is 1. The van der Waals surface area contributed by atoms with Crippen LogP contribution in [-0.4, -0.2) is 13.0 Å². The quantitative estimate of drug-likeness (QED) is 0.797. The Kier molecular flexibility index (Phi) is 4.16. The van der Waals surface area contributed by atoms with Crippen molar-refractivity contribution in [3.05, 3.63) is 46.7 Å². The van der Waals surface area contributed by atoms with Gasteiger partial charge in [-0.1, -0.05) is 18.2 Å². The van der Waals surface area contributed by atoms with Gasteiger partial charge in [0.2, 0.25) is 6.41 Å². The molecule has 88 valence electrons. The minimum atomic E-state index is 0.609. The van der Waals surface area contributed by atoms with Gasteiger partial charge in [-0.05, 0) is 23.6 Å². The SMILES string of the molecule is O=CNc1ccccc1OCCc1cccs1. The van der Waals surface area contributed by atoms with E-state index in [1.807, 2.05) is 30.3 Å². The summed E-state index contributed by atoms with van der Waals surface area (Å²) >= 11 is 1.72. The fourth-order valence-electron chi connectivity index (χ4n) is 1.49. The lowest BCUT2D eigenvalue weighted by Gasteiger charge is -2.09. The highest BCUT2D eigenvalue weighted by Crippen LogP contribution is 2.23. The Morgan fingerprint density at radius 2 is 2.12 bits per heavy atom. The zero-order chi connectivity index (χ0) is 11.9. The number of para-hydroxylation sites is 2. The molecule has 0 radical (unpaired) electrons. The van der Waals surface area contributed by atoms with Gasteiger partial charge in [0.1, 0.15) is 5.75 Å². The van der Waals surface area contributed by atoms with Crippen LogP contribution in [0.1, 0.15) is 4.88 Å². The summed E-state index contributed by atoms with van der Waals surface area (Å²) in [5.41, 5.74) is 0.702. The van der Waals surface area contributed by atoms with Crippen LogP contribution in [0.15, 0.2) is 41.8 Å². The number of hydrogen-bond acceptors (Lipinski definition) is 3. The normalized spacial score (nSPS) is 9.88. The Morgan fingerprint density at radius 1 is 1.24 bits per heavy atom. The Hall–Kier alpha value is -1.81. The smallest absolute Gasteiger partial charge is 0.211 e. The molecule has 1 amide bonds. The molecule has 2 rings (SSSR count). The van der Waals surface area contributed by atoms with Gasteiger partial charge in [-0.25, -0.2) is 0 Å². The number of amides is 1. The molecule has 0 unspecified atom stereocenters. The molecule has 0 fully saturated rings. The van der Waals surface area contributed by atoms with Crippen LogP contribution in [0, 0.1) is 0 Å². The van der Waals surface area contributed by atoms with Crippen molar-refractivity contribution in [3.8, 4) is 5.75 Å². The van der Waals surface area contributed by atoms with Crippen LogP contribution in [0.3, 0.4) is 0 Å². The lowest BCUT2D eigenvalue weighted by Crippen LogP contribution is -2.03. The molecular weight excluding hydrogens is 234 g/mol. The minimum absolute atomic E-state index is 0.609. The van der Waals surface area contributed by atoms with Gasteiger partial charge >= 0.3 is 0 Å². The first kappa shape index (κ1) is 11.7. The van der Waals surface area contributed by atoms with Gasteiger partial charge in [-0.15, -0.1) is 11.3 Å². The number of ether oxygens (including phenoxy) is 1. The molecule has 0 atom stereocenters. The first-order valence-corrected chi connectivity index (χ1v) is 6.22. The number of rotatable bonds is 6. The number of nitrogens with one attached hydrogen (secondary N) is 1. The molecule has 1 aromatic carbocycles. The third kappa shape index (κ3) is 3.32. The zero-order valence-corrected chi connectivity index (χ0v) is 10.1. The van der Waals surface area contributed by atoms with Gasteiger partial charge in [-0.3, -0.25) is 4.79 Å². The largest absolute Gasteiger partial charge is 0.491 e. The second-order valence-corrected chi connectivity index (χ2v) is 4.47. The average molecular weight is 247 g/mol. The average Bonchev–Trinajstić information content (AvgIpc) is 2.85. The molecular formula is C13H13NO2S. The third-order valence-corrected chi connectivity index (χ3v) is 3.22. The van der Waals surface area contributed by atoms with Crippen LogP contribution in [0.5, 0.6) is 5.75 Å². The number of carbonyl (C=O) groups excluding carboxylic acids is 1. The highest BCUT2D eigenvalue weighted by Gasteiger charge is 2.01. The molecule has 0 spiro atoms. The maximum absolute atomic E-state index is 10.4. The fraction of sp³-hybridized carbons (Fsp3) is 0.154. The van der Waals surface area contributed by atoms with Gasteiger partial charge in [-0.2, -0.15) is 0 Å². The molecule has 1 aromatic heterocycles. The first-order chi connectivity index (χ1) is 8.40. The highest BCUT2D eigenvalue weighted by atomic mass is 32.1. The molecule has 2 aromatic rings. The van der Waals surface area contributed by atoms with Crippen LogP contribution >= 0.6 is 11.3 Å². The van der Waals surface area contributed by atoms with Crippen LogP contribution in [0.2, 0.25) is 0 Å². The van der Waals surface area contributed by atoms with E-state index in [0.29, 0.717) is 24.5 Å².